The summed E-state index contributed by atoms with van der Waals surface area (Å²) in [6, 6.07) is 7.62. The second-order valence-electron chi connectivity index (χ2n) is 5.13. The summed E-state index contributed by atoms with van der Waals surface area (Å²) in [5.74, 6) is 1.13. The number of pyridine rings is 1. The minimum absolute atomic E-state index is 0.318. The second kappa shape index (κ2) is 5.77. The molecule has 0 saturated heterocycles. The molecule has 0 radical (unpaired) electrons. The molecular formula is C15H15ClFN3O. The average molecular weight is 308 g/mol. The molecule has 1 aromatic carbocycles. The summed E-state index contributed by atoms with van der Waals surface area (Å²) >= 11 is 5.82. The summed E-state index contributed by atoms with van der Waals surface area (Å²) in [5, 5.41) is 3.30. The molecule has 1 heterocycles. The Kier molecular flexibility index (Phi) is 3.84. The number of aromatic nitrogens is 1. The van der Waals surface area contributed by atoms with E-state index in [1.807, 2.05) is 0 Å². The van der Waals surface area contributed by atoms with E-state index in [4.69, 9.17) is 22.1 Å². The van der Waals surface area contributed by atoms with Gasteiger partial charge in [-0.25, -0.2) is 4.39 Å². The maximum absolute atomic E-state index is 13.3. The van der Waals surface area contributed by atoms with Crippen molar-refractivity contribution < 1.29 is 9.13 Å². The van der Waals surface area contributed by atoms with Gasteiger partial charge in [0, 0.05) is 10.7 Å². The Hall–Kier alpha value is -2.01. The van der Waals surface area contributed by atoms with Crippen LogP contribution in [-0.2, 0) is 0 Å². The molecule has 6 heteroatoms. The number of nitrogen functional groups attached to an aromatic ring is 1. The molecule has 3 N–H and O–H groups in total. The normalized spacial score (nSPS) is 14.0. The molecule has 1 saturated carbocycles. The van der Waals surface area contributed by atoms with Gasteiger partial charge in [0.2, 0.25) is 5.88 Å². The monoisotopic (exact) mass is 307 g/mol. The number of rotatable bonds is 5. The van der Waals surface area contributed by atoms with Gasteiger partial charge >= 0.3 is 0 Å². The third-order valence-corrected chi connectivity index (χ3v) is 3.40. The molecule has 110 valence electrons. The summed E-state index contributed by atoms with van der Waals surface area (Å²) in [6.07, 6.45) is 2.39. The fourth-order valence-electron chi connectivity index (χ4n) is 1.89. The van der Waals surface area contributed by atoms with Gasteiger partial charge in [0.25, 0.3) is 0 Å². The van der Waals surface area contributed by atoms with Gasteiger partial charge < -0.3 is 15.8 Å². The molecule has 1 aliphatic carbocycles. The molecule has 0 spiro atoms. The summed E-state index contributed by atoms with van der Waals surface area (Å²) < 4.78 is 18.9. The Morgan fingerprint density at radius 2 is 2.14 bits per heavy atom. The summed E-state index contributed by atoms with van der Waals surface area (Å²) in [4.78, 5) is 4.30. The molecule has 0 amide bonds. The number of benzene rings is 1. The van der Waals surface area contributed by atoms with Crippen LogP contribution in [0.25, 0.3) is 0 Å². The van der Waals surface area contributed by atoms with Crippen molar-refractivity contribution in [3.05, 3.63) is 41.2 Å². The fraction of sp³-hybridized carbons (Fsp3) is 0.267. The number of nitrogens with two attached hydrogens (primary N) is 1. The van der Waals surface area contributed by atoms with Gasteiger partial charge in [-0.15, -0.1) is 0 Å². The Morgan fingerprint density at radius 1 is 1.33 bits per heavy atom. The van der Waals surface area contributed by atoms with E-state index < -0.39 is 5.82 Å². The average Bonchev–Trinajstić information content (AvgIpc) is 3.22. The molecule has 4 nitrogen and oxygen atoms in total. The third kappa shape index (κ3) is 3.76. The fourth-order valence-corrected chi connectivity index (χ4v) is 2.11. The van der Waals surface area contributed by atoms with Crippen LogP contribution in [0.1, 0.15) is 12.8 Å². The van der Waals surface area contributed by atoms with Crippen LogP contribution in [0.5, 0.6) is 5.88 Å². The van der Waals surface area contributed by atoms with E-state index in [1.54, 1.807) is 18.2 Å². The molecule has 0 bridgehead atoms. The van der Waals surface area contributed by atoms with Crippen LogP contribution in [-0.4, -0.2) is 11.6 Å². The predicted octanol–water partition coefficient (Wildman–Crippen LogP) is 3.99. The SMILES string of the molecule is Nc1ccc(Nc2cc(F)cc(Cl)c2)nc1OCC1CC1. The molecule has 3 rings (SSSR count). The van der Waals surface area contributed by atoms with E-state index in [0.717, 1.165) is 0 Å². The predicted molar refractivity (Wildman–Crippen MR) is 81.6 cm³/mol. The lowest BCUT2D eigenvalue weighted by Gasteiger charge is -2.11. The summed E-state index contributed by atoms with van der Waals surface area (Å²) in [7, 11) is 0. The zero-order valence-corrected chi connectivity index (χ0v) is 12.0. The van der Waals surface area contributed by atoms with Crippen LogP contribution in [0.3, 0.4) is 0 Å². The van der Waals surface area contributed by atoms with Crippen LogP contribution in [0.2, 0.25) is 5.02 Å². The summed E-state index contributed by atoms with van der Waals surface area (Å²) in [5.41, 5.74) is 6.84. The van der Waals surface area contributed by atoms with Gasteiger partial charge in [-0.3, -0.25) is 0 Å². The highest BCUT2D eigenvalue weighted by molar-refractivity contribution is 6.30. The Balaban J connectivity index is 1.76. The van der Waals surface area contributed by atoms with E-state index in [1.165, 1.54) is 25.0 Å². The minimum atomic E-state index is -0.411. The number of nitrogens with zero attached hydrogens (tertiary/aromatic N) is 1. The van der Waals surface area contributed by atoms with Gasteiger partial charge in [0.05, 0.1) is 12.3 Å². The first-order valence-electron chi connectivity index (χ1n) is 6.72. The molecule has 0 unspecified atom stereocenters. The molecule has 1 fully saturated rings. The number of ether oxygens (including phenoxy) is 1. The van der Waals surface area contributed by atoms with E-state index in [0.29, 0.717) is 40.6 Å². The quantitative estimate of drug-likeness (QED) is 0.877. The number of hydrogen-bond acceptors (Lipinski definition) is 4. The molecule has 0 atom stereocenters. The number of halogens is 2. The molecule has 0 aliphatic heterocycles. The highest BCUT2D eigenvalue weighted by atomic mass is 35.5. The lowest BCUT2D eigenvalue weighted by Crippen LogP contribution is -2.05. The van der Waals surface area contributed by atoms with Crippen LogP contribution < -0.4 is 15.8 Å². The van der Waals surface area contributed by atoms with Crippen LogP contribution >= 0.6 is 11.6 Å². The number of hydrogen-bond donors (Lipinski definition) is 2. The maximum Gasteiger partial charge on any atom is 0.239 e. The molecule has 1 aliphatic rings. The molecule has 1 aromatic heterocycles. The van der Waals surface area contributed by atoms with Crippen molar-refractivity contribution in [2.24, 2.45) is 5.92 Å². The van der Waals surface area contributed by atoms with Crippen molar-refractivity contribution in [2.75, 3.05) is 17.7 Å². The van der Waals surface area contributed by atoms with Gasteiger partial charge in [-0.2, -0.15) is 4.98 Å². The smallest absolute Gasteiger partial charge is 0.239 e. The van der Waals surface area contributed by atoms with E-state index in [2.05, 4.69) is 10.3 Å². The van der Waals surface area contributed by atoms with Crippen LogP contribution in [0.15, 0.2) is 30.3 Å². The third-order valence-electron chi connectivity index (χ3n) is 3.18. The Morgan fingerprint density at radius 3 is 2.86 bits per heavy atom. The maximum atomic E-state index is 13.3. The molecular weight excluding hydrogens is 293 g/mol. The first-order valence-corrected chi connectivity index (χ1v) is 7.10. The zero-order chi connectivity index (χ0) is 14.8. The highest BCUT2D eigenvalue weighted by Gasteiger charge is 2.22. The number of anilines is 3. The van der Waals surface area contributed by atoms with Gasteiger partial charge in [0.15, 0.2) is 0 Å². The molecule has 21 heavy (non-hydrogen) atoms. The van der Waals surface area contributed by atoms with Crippen molar-refractivity contribution in [1.29, 1.82) is 0 Å². The first kappa shape index (κ1) is 13.9. The number of nitrogens with one attached hydrogen (secondary N) is 1. The van der Waals surface area contributed by atoms with Crippen molar-refractivity contribution in [3.8, 4) is 5.88 Å². The van der Waals surface area contributed by atoms with Gasteiger partial charge in [-0.05, 0) is 49.1 Å². The highest BCUT2D eigenvalue weighted by Crippen LogP contribution is 2.31. The molecule has 2 aromatic rings. The minimum Gasteiger partial charge on any atom is -0.476 e. The zero-order valence-electron chi connectivity index (χ0n) is 11.3. The van der Waals surface area contributed by atoms with E-state index in [-0.39, 0.29) is 0 Å². The van der Waals surface area contributed by atoms with E-state index >= 15 is 0 Å². The van der Waals surface area contributed by atoms with Gasteiger partial charge in [-0.1, -0.05) is 11.6 Å². The lowest BCUT2D eigenvalue weighted by atomic mass is 10.3. The first-order chi connectivity index (χ1) is 10.1. The Labute approximate surface area is 127 Å². The van der Waals surface area contributed by atoms with Crippen molar-refractivity contribution in [2.45, 2.75) is 12.8 Å². The standard InChI is InChI=1S/C15H15ClFN3O/c16-10-5-11(17)7-12(6-10)19-14-4-3-13(18)15(20-14)21-8-9-1-2-9/h3-7,9H,1-2,8,18H2,(H,19,20). The van der Waals surface area contributed by atoms with E-state index in [9.17, 15) is 4.39 Å². The van der Waals surface area contributed by atoms with Gasteiger partial charge in [0.1, 0.15) is 11.6 Å². The Bertz CT molecular complexity index is 641. The lowest BCUT2D eigenvalue weighted by molar-refractivity contribution is 0.290. The van der Waals surface area contributed by atoms with Crippen molar-refractivity contribution >= 4 is 28.8 Å². The van der Waals surface area contributed by atoms with Crippen molar-refractivity contribution in [3.63, 3.8) is 0 Å². The summed E-state index contributed by atoms with van der Waals surface area (Å²) in [6.45, 7) is 0.631. The second-order valence-corrected chi connectivity index (χ2v) is 5.56. The van der Waals surface area contributed by atoms with Crippen molar-refractivity contribution in [1.82, 2.24) is 4.98 Å². The largest absolute Gasteiger partial charge is 0.476 e. The van der Waals surface area contributed by atoms with Crippen LogP contribution in [0, 0.1) is 11.7 Å². The topological polar surface area (TPSA) is 60.2 Å². The van der Waals surface area contributed by atoms with Crippen LogP contribution in [0.4, 0.5) is 21.6 Å².